The number of aromatic nitrogens is 2. The molecule has 3 aromatic rings. The molecule has 7 nitrogen and oxygen atoms in total. The number of para-hydroxylation sites is 1. The molecule has 2 aliphatic heterocycles. The summed E-state index contributed by atoms with van der Waals surface area (Å²) in [6.45, 7) is 2.81. The molecule has 29 heavy (non-hydrogen) atoms. The summed E-state index contributed by atoms with van der Waals surface area (Å²) in [6, 6.07) is 15.5. The van der Waals surface area contributed by atoms with Crippen molar-refractivity contribution in [2.45, 2.75) is 25.9 Å². The van der Waals surface area contributed by atoms with Gasteiger partial charge in [0.15, 0.2) is 11.5 Å². The van der Waals surface area contributed by atoms with Crippen LogP contribution in [-0.4, -0.2) is 28.7 Å². The van der Waals surface area contributed by atoms with Gasteiger partial charge in [0.2, 0.25) is 12.7 Å². The van der Waals surface area contributed by atoms with E-state index in [1.54, 1.807) is 12.3 Å². The van der Waals surface area contributed by atoms with E-state index in [0.29, 0.717) is 18.2 Å². The summed E-state index contributed by atoms with van der Waals surface area (Å²) in [6.07, 6.45) is 2.46. The van der Waals surface area contributed by atoms with E-state index in [2.05, 4.69) is 28.3 Å². The molecule has 7 heteroatoms. The number of benzene rings is 2. The summed E-state index contributed by atoms with van der Waals surface area (Å²) >= 11 is 0. The van der Waals surface area contributed by atoms with Gasteiger partial charge in [-0.2, -0.15) is 0 Å². The lowest BCUT2D eigenvalue weighted by molar-refractivity contribution is 0.0976. The molecule has 0 radical (unpaired) electrons. The van der Waals surface area contributed by atoms with Crippen LogP contribution in [-0.2, 0) is 13.0 Å². The Morgan fingerprint density at radius 2 is 2.03 bits per heavy atom. The molecule has 0 bridgehead atoms. The minimum atomic E-state index is -0.115. The van der Waals surface area contributed by atoms with Crippen LogP contribution >= 0.6 is 0 Å². The van der Waals surface area contributed by atoms with Crippen molar-refractivity contribution >= 4 is 17.5 Å². The predicted octanol–water partition coefficient (Wildman–Crippen LogP) is 3.41. The second kappa shape index (κ2) is 7.09. The predicted molar refractivity (Wildman–Crippen MR) is 108 cm³/mol. The maximum Gasteiger partial charge on any atom is 0.277 e. The molecule has 0 saturated heterocycles. The van der Waals surface area contributed by atoms with Crippen molar-refractivity contribution in [1.82, 2.24) is 9.97 Å². The SMILES string of the molecule is CC1Cc2ccccc2N1C(=O)c1ccnc(NCc2ccc3c(c2)OCO3)n1. The molecule has 0 fully saturated rings. The number of fused-ring (bicyclic) bond motifs is 2. The second-order valence-corrected chi connectivity index (χ2v) is 7.16. The Balaban J connectivity index is 1.33. The second-order valence-electron chi connectivity index (χ2n) is 7.16. The lowest BCUT2D eigenvalue weighted by atomic mass is 10.1. The molecule has 146 valence electrons. The largest absolute Gasteiger partial charge is 0.454 e. The van der Waals surface area contributed by atoms with Gasteiger partial charge in [0.25, 0.3) is 5.91 Å². The zero-order chi connectivity index (χ0) is 19.8. The van der Waals surface area contributed by atoms with Crippen LogP contribution in [0.25, 0.3) is 0 Å². The molecule has 2 aromatic carbocycles. The first-order valence-corrected chi connectivity index (χ1v) is 9.56. The summed E-state index contributed by atoms with van der Waals surface area (Å²) < 4.78 is 10.7. The molecule has 1 unspecified atom stereocenters. The van der Waals surface area contributed by atoms with Crippen LogP contribution in [0, 0.1) is 0 Å². The first-order valence-electron chi connectivity index (χ1n) is 9.56. The Morgan fingerprint density at radius 3 is 2.97 bits per heavy atom. The third-order valence-corrected chi connectivity index (χ3v) is 5.19. The first kappa shape index (κ1) is 17.5. The quantitative estimate of drug-likeness (QED) is 0.738. The molecule has 1 amide bonds. The fourth-order valence-electron chi connectivity index (χ4n) is 3.79. The van der Waals surface area contributed by atoms with Gasteiger partial charge in [-0.05, 0) is 48.7 Å². The van der Waals surface area contributed by atoms with Crippen molar-refractivity contribution in [2.24, 2.45) is 0 Å². The van der Waals surface area contributed by atoms with Gasteiger partial charge in [0, 0.05) is 24.5 Å². The van der Waals surface area contributed by atoms with E-state index in [9.17, 15) is 4.79 Å². The Kier molecular flexibility index (Phi) is 4.27. The van der Waals surface area contributed by atoms with Crippen LogP contribution in [0.15, 0.2) is 54.7 Å². The van der Waals surface area contributed by atoms with Gasteiger partial charge >= 0.3 is 0 Å². The number of amides is 1. The van der Waals surface area contributed by atoms with E-state index in [-0.39, 0.29) is 18.7 Å². The third-order valence-electron chi connectivity index (χ3n) is 5.19. The summed E-state index contributed by atoms with van der Waals surface area (Å²) in [5.74, 6) is 1.78. The molecule has 1 aromatic heterocycles. The Hall–Kier alpha value is -3.61. The van der Waals surface area contributed by atoms with Crippen LogP contribution in [0.2, 0.25) is 0 Å². The molecule has 3 heterocycles. The van der Waals surface area contributed by atoms with Crippen LogP contribution in [0.5, 0.6) is 11.5 Å². The lowest BCUT2D eigenvalue weighted by Crippen LogP contribution is -2.36. The summed E-state index contributed by atoms with van der Waals surface area (Å²) in [4.78, 5) is 23.7. The van der Waals surface area contributed by atoms with Gasteiger partial charge in [-0.15, -0.1) is 0 Å². The Bertz CT molecular complexity index is 1090. The molecule has 0 spiro atoms. The standard InChI is InChI=1S/C22H20N4O3/c1-14-10-16-4-2-3-5-18(16)26(14)21(27)17-8-9-23-22(25-17)24-12-15-6-7-19-20(11-15)29-13-28-19/h2-9,11,14H,10,12-13H2,1H3,(H,23,24,25). The minimum Gasteiger partial charge on any atom is -0.454 e. The zero-order valence-corrected chi connectivity index (χ0v) is 16.0. The van der Waals surface area contributed by atoms with Crippen molar-refractivity contribution in [2.75, 3.05) is 17.0 Å². The molecule has 1 N–H and O–H groups in total. The Morgan fingerprint density at radius 1 is 1.17 bits per heavy atom. The van der Waals surface area contributed by atoms with E-state index < -0.39 is 0 Å². The van der Waals surface area contributed by atoms with E-state index in [4.69, 9.17) is 9.47 Å². The molecule has 1 atom stereocenters. The fraction of sp³-hybridized carbons (Fsp3) is 0.227. The van der Waals surface area contributed by atoms with Gasteiger partial charge in [-0.25, -0.2) is 9.97 Å². The van der Waals surface area contributed by atoms with Crippen molar-refractivity contribution < 1.29 is 14.3 Å². The number of nitrogens with one attached hydrogen (secondary N) is 1. The molecule has 5 rings (SSSR count). The topological polar surface area (TPSA) is 76.6 Å². The third kappa shape index (κ3) is 3.24. The van der Waals surface area contributed by atoms with E-state index in [1.807, 2.05) is 41.3 Å². The highest BCUT2D eigenvalue weighted by molar-refractivity contribution is 6.06. The van der Waals surface area contributed by atoms with Crippen LogP contribution in [0.3, 0.4) is 0 Å². The minimum absolute atomic E-state index is 0.0971. The van der Waals surface area contributed by atoms with Crippen LogP contribution < -0.4 is 19.7 Å². The van der Waals surface area contributed by atoms with Gasteiger partial charge in [-0.1, -0.05) is 24.3 Å². The number of hydrogen-bond donors (Lipinski definition) is 1. The van der Waals surface area contributed by atoms with Crippen molar-refractivity contribution in [3.8, 4) is 11.5 Å². The van der Waals surface area contributed by atoms with Gasteiger partial charge < -0.3 is 19.7 Å². The molecule has 2 aliphatic rings. The summed E-state index contributed by atoms with van der Waals surface area (Å²) in [5.41, 5.74) is 3.52. The number of carbonyl (C=O) groups is 1. The fourth-order valence-corrected chi connectivity index (χ4v) is 3.79. The van der Waals surface area contributed by atoms with Crippen molar-refractivity contribution in [1.29, 1.82) is 0 Å². The lowest BCUT2D eigenvalue weighted by Gasteiger charge is -2.22. The Labute approximate surface area is 168 Å². The van der Waals surface area contributed by atoms with E-state index >= 15 is 0 Å². The highest BCUT2D eigenvalue weighted by Gasteiger charge is 2.32. The number of hydrogen-bond acceptors (Lipinski definition) is 6. The normalized spacial score (nSPS) is 16.6. The van der Waals surface area contributed by atoms with Crippen molar-refractivity contribution in [3.63, 3.8) is 0 Å². The summed E-state index contributed by atoms with van der Waals surface area (Å²) in [7, 11) is 0. The molecular formula is C22H20N4O3. The van der Waals surface area contributed by atoms with Gasteiger partial charge in [0.1, 0.15) is 5.69 Å². The summed E-state index contributed by atoms with van der Waals surface area (Å²) in [5, 5.41) is 3.18. The first-order chi connectivity index (χ1) is 14.2. The number of rotatable bonds is 4. The molecular weight excluding hydrogens is 368 g/mol. The van der Waals surface area contributed by atoms with Gasteiger partial charge in [-0.3, -0.25) is 4.79 Å². The number of anilines is 2. The van der Waals surface area contributed by atoms with Crippen molar-refractivity contribution in [3.05, 3.63) is 71.5 Å². The highest BCUT2D eigenvalue weighted by atomic mass is 16.7. The van der Waals surface area contributed by atoms with E-state index in [0.717, 1.165) is 29.2 Å². The number of carbonyl (C=O) groups excluding carboxylic acids is 1. The zero-order valence-electron chi connectivity index (χ0n) is 16.0. The maximum absolute atomic E-state index is 13.2. The van der Waals surface area contributed by atoms with Gasteiger partial charge in [0.05, 0.1) is 0 Å². The average molecular weight is 388 g/mol. The monoisotopic (exact) mass is 388 g/mol. The van der Waals surface area contributed by atoms with Crippen LogP contribution in [0.1, 0.15) is 28.5 Å². The highest BCUT2D eigenvalue weighted by Crippen LogP contribution is 2.33. The number of ether oxygens (including phenoxy) is 2. The smallest absolute Gasteiger partial charge is 0.277 e. The van der Waals surface area contributed by atoms with E-state index in [1.165, 1.54) is 5.56 Å². The van der Waals surface area contributed by atoms with Crippen LogP contribution in [0.4, 0.5) is 11.6 Å². The molecule has 0 aliphatic carbocycles. The average Bonchev–Trinajstić information content (AvgIpc) is 3.34. The number of nitrogens with zero attached hydrogens (tertiary/aromatic N) is 3. The molecule has 0 saturated carbocycles. The maximum atomic E-state index is 13.2.